The largest absolute Gasteiger partial charge is 0.493 e. The summed E-state index contributed by atoms with van der Waals surface area (Å²) < 4.78 is 31.6. The molecule has 34 heavy (non-hydrogen) atoms. The maximum atomic E-state index is 12.5. The summed E-state index contributed by atoms with van der Waals surface area (Å²) >= 11 is 0. The van der Waals surface area contributed by atoms with Crippen molar-refractivity contribution in [1.82, 2.24) is 0 Å². The van der Waals surface area contributed by atoms with Crippen molar-refractivity contribution < 1.29 is 38.0 Å². The molecule has 0 aliphatic carbocycles. The highest BCUT2D eigenvalue weighted by molar-refractivity contribution is 5.85. The van der Waals surface area contributed by atoms with Crippen molar-refractivity contribution >= 4 is 11.9 Å². The average Bonchev–Trinajstić information content (AvgIpc) is 2.86. The number of benzene rings is 2. The number of methoxy groups -OCH3 is 4. The number of allylic oxidation sites excluding steroid dienone is 1. The number of hydrogen-bond acceptors (Lipinski definition) is 8. The van der Waals surface area contributed by atoms with Crippen LogP contribution in [0.3, 0.4) is 0 Å². The summed E-state index contributed by atoms with van der Waals surface area (Å²) in [5, 5.41) is 0. The van der Waals surface area contributed by atoms with Crippen molar-refractivity contribution in [3.8, 4) is 23.0 Å². The van der Waals surface area contributed by atoms with Crippen LogP contribution in [-0.4, -0.2) is 53.1 Å². The number of rotatable bonds is 13. The molecule has 0 fully saturated rings. The molecule has 0 amide bonds. The predicted octanol–water partition coefficient (Wildman–Crippen LogP) is 3.70. The lowest BCUT2D eigenvalue weighted by Gasteiger charge is -2.17. The third-order valence-electron chi connectivity index (χ3n) is 4.79. The van der Waals surface area contributed by atoms with Crippen molar-refractivity contribution in [2.75, 3.05) is 35.0 Å². The molecule has 0 radical (unpaired) electrons. The zero-order valence-electron chi connectivity index (χ0n) is 19.9. The van der Waals surface area contributed by atoms with Gasteiger partial charge in [0.2, 0.25) is 6.10 Å². The van der Waals surface area contributed by atoms with Gasteiger partial charge in [-0.2, -0.15) is 0 Å². The molecule has 8 heteroatoms. The van der Waals surface area contributed by atoms with Gasteiger partial charge in [-0.05, 0) is 41.8 Å². The summed E-state index contributed by atoms with van der Waals surface area (Å²) in [6, 6.07) is 10.7. The lowest BCUT2D eigenvalue weighted by molar-refractivity contribution is -0.164. The topological polar surface area (TPSA) is 89.5 Å². The molecule has 0 aliphatic heterocycles. The molecule has 0 N–H and O–H groups in total. The Morgan fingerprint density at radius 3 is 1.97 bits per heavy atom. The molecule has 1 unspecified atom stereocenters. The van der Waals surface area contributed by atoms with Gasteiger partial charge in [-0.1, -0.05) is 30.9 Å². The Morgan fingerprint density at radius 2 is 1.41 bits per heavy atom. The lowest BCUT2D eigenvalue weighted by atomic mass is 10.1. The Hall–Kier alpha value is -3.94. The van der Waals surface area contributed by atoms with Crippen LogP contribution in [0.25, 0.3) is 0 Å². The molecule has 2 aromatic carbocycles. The first-order valence-electron chi connectivity index (χ1n) is 10.5. The second-order valence-corrected chi connectivity index (χ2v) is 7.03. The average molecular weight is 471 g/mol. The van der Waals surface area contributed by atoms with Crippen LogP contribution < -0.4 is 18.9 Å². The third kappa shape index (κ3) is 7.58. The number of esters is 2. The molecule has 2 aromatic rings. The molecule has 182 valence electrons. The van der Waals surface area contributed by atoms with Crippen LogP contribution >= 0.6 is 0 Å². The van der Waals surface area contributed by atoms with Gasteiger partial charge in [0, 0.05) is 12.5 Å². The highest BCUT2D eigenvalue weighted by Gasteiger charge is 2.25. The van der Waals surface area contributed by atoms with Crippen molar-refractivity contribution in [2.24, 2.45) is 0 Å². The molecule has 8 nitrogen and oxygen atoms in total. The van der Waals surface area contributed by atoms with Crippen molar-refractivity contribution in [3.05, 3.63) is 72.3 Å². The van der Waals surface area contributed by atoms with E-state index in [1.165, 1.54) is 26.4 Å². The van der Waals surface area contributed by atoms with Crippen molar-refractivity contribution in [1.29, 1.82) is 0 Å². The fourth-order valence-corrected chi connectivity index (χ4v) is 3.11. The Kier molecular flexibility index (Phi) is 10.5. The van der Waals surface area contributed by atoms with E-state index in [2.05, 4.69) is 6.58 Å². The molecule has 0 heterocycles. The maximum Gasteiger partial charge on any atom is 0.348 e. The molecule has 0 bridgehead atoms. The number of carbonyl (C=O) groups excluding carboxylic acids is 2. The van der Waals surface area contributed by atoms with Crippen LogP contribution in [0.4, 0.5) is 0 Å². The second-order valence-electron chi connectivity index (χ2n) is 7.03. The van der Waals surface area contributed by atoms with Gasteiger partial charge in [0.25, 0.3) is 0 Å². The SMILES string of the molecule is C=CCOC(=O)C(Cc1ccc(OC)c(OC)c1)OC(=O)/C=C/Cc1ccc(OC)c(OC)c1. The minimum absolute atomic E-state index is 0.00790. The second kappa shape index (κ2) is 13.6. The van der Waals surface area contributed by atoms with Gasteiger partial charge in [0.05, 0.1) is 28.4 Å². The summed E-state index contributed by atoms with van der Waals surface area (Å²) in [5.41, 5.74) is 1.62. The van der Waals surface area contributed by atoms with Crippen LogP contribution in [-0.2, 0) is 31.9 Å². The smallest absolute Gasteiger partial charge is 0.348 e. The zero-order chi connectivity index (χ0) is 24.9. The molecule has 1 atom stereocenters. The van der Waals surface area contributed by atoms with Crippen LogP contribution in [0.1, 0.15) is 11.1 Å². The van der Waals surface area contributed by atoms with Gasteiger partial charge >= 0.3 is 11.9 Å². The van der Waals surface area contributed by atoms with E-state index < -0.39 is 18.0 Å². The first kappa shape index (κ1) is 26.3. The standard InChI is InChI=1S/C26H30O8/c1-6-14-33-26(28)24(17-19-11-13-21(30-3)23(16-19)32-5)34-25(27)9-7-8-18-10-12-20(29-2)22(15-18)31-4/h6-7,9-13,15-16,24H,1,8,14,17H2,2-5H3/b9-7+. The molecule has 2 rings (SSSR count). The minimum atomic E-state index is -1.14. The Bertz CT molecular complexity index is 1010. The molecule has 0 aromatic heterocycles. The number of hydrogen-bond donors (Lipinski definition) is 0. The summed E-state index contributed by atoms with van der Waals surface area (Å²) in [4.78, 5) is 24.9. The third-order valence-corrected chi connectivity index (χ3v) is 4.79. The Labute approximate surface area is 199 Å². The number of ether oxygens (including phenoxy) is 6. The monoisotopic (exact) mass is 470 g/mol. The van der Waals surface area contributed by atoms with Gasteiger partial charge < -0.3 is 28.4 Å². The van der Waals surface area contributed by atoms with Gasteiger partial charge in [-0.15, -0.1) is 0 Å². The van der Waals surface area contributed by atoms with Gasteiger partial charge in [-0.25, -0.2) is 9.59 Å². The highest BCUT2D eigenvalue weighted by atomic mass is 16.6. The Balaban J connectivity index is 2.09. The van der Waals surface area contributed by atoms with E-state index in [1.54, 1.807) is 44.6 Å². The molecule has 0 saturated heterocycles. The van der Waals surface area contributed by atoms with E-state index in [0.717, 1.165) is 5.56 Å². The molecular weight excluding hydrogens is 440 g/mol. The van der Waals surface area contributed by atoms with Crippen molar-refractivity contribution in [3.63, 3.8) is 0 Å². The fraction of sp³-hybridized carbons (Fsp3) is 0.308. The highest BCUT2D eigenvalue weighted by Crippen LogP contribution is 2.29. The van der Waals surface area contributed by atoms with Crippen LogP contribution in [0.15, 0.2) is 61.2 Å². The molecule has 0 spiro atoms. The van der Waals surface area contributed by atoms with E-state index in [1.807, 2.05) is 12.1 Å². The Morgan fingerprint density at radius 1 is 0.853 bits per heavy atom. The minimum Gasteiger partial charge on any atom is -0.493 e. The van der Waals surface area contributed by atoms with Crippen LogP contribution in [0, 0.1) is 0 Å². The molecule has 0 saturated carbocycles. The van der Waals surface area contributed by atoms with Gasteiger partial charge in [-0.3, -0.25) is 0 Å². The summed E-state index contributed by atoms with van der Waals surface area (Å²) in [6.07, 6.45) is 3.78. The van der Waals surface area contributed by atoms with Crippen LogP contribution in [0.2, 0.25) is 0 Å². The van der Waals surface area contributed by atoms with Gasteiger partial charge in [0.15, 0.2) is 23.0 Å². The van der Waals surface area contributed by atoms with E-state index in [4.69, 9.17) is 28.4 Å². The molecule has 0 aliphatic rings. The lowest BCUT2D eigenvalue weighted by Crippen LogP contribution is -2.31. The first-order valence-corrected chi connectivity index (χ1v) is 10.5. The normalized spacial score (nSPS) is 11.4. The summed E-state index contributed by atoms with van der Waals surface area (Å²) in [7, 11) is 6.16. The van der Waals surface area contributed by atoms with Crippen LogP contribution in [0.5, 0.6) is 23.0 Å². The maximum absolute atomic E-state index is 12.5. The van der Waals surface area contributed by atoms with E-state index in [9.17, 15) is 9.59 Å². The quantitative estimate of drug-likeness (QED) is 0.249. The zero-order valence-corrected chi connectivity index (χ0v) is 19.9. The first-order chi connectivity index (χ1) is 16.4. The van der Waals surface area contributed by atoms with E-state index in [0.29, 0.717) is 35.0 Å². The fourth-order valence-electron chi connectivity index (χ4n) is 3.11. The molecular formula is C26H30O8. The summed E-state index contributed by atoms with van der Waals surface area (Å²) in [5.74, 6) is 0.922. The predicted molar refractivity (Wildman–Crippen MR) is 127 cm³/mol. The number of carbonyl (C=O) groups is 2. The van der Waals surface area contributed by atoms with Gasteiger partial charge in [0.1, 0.15) is 6.61 Å². The summed E-state index contributed by atoms with van der Waals surface area (Å²) in [6.45, 7) is 3.54. The van der Waals surface area contributed by atoms with E-state index >= 15 is 0 Å². The van der Waals surface area contributed by atoms with Crippen molar-refractivity contribution in [2.45, 2.75) is 18.9 Å². The van der Waals surface area contributed by atoms with E-state index in [-0.39, 0.29) is 13.0 Å².